The Morgan fingerprint density at radius 1 is 1.13 bits per heavy atom. The first-order valence-electron chi connectivity index (χ1n) is 9.86. The third-order valence-corrected chi connectivity index (χ3v) is 5.24. The van der Waals surface area contributed by atoms with Gasteiger partial charge in [-0.05, 0) is 38.5 Å². The predicted octanol–water partition coefficient (Wildman–Crippen LogP) is 3.33. The van der Waals surface area contributed by atoms with Gasteiger partial charge >= 0.3 is 11.9 Å². The van der Waals surface area contributed by atoms with Crippen LogP contribution in [0.3, 0.4) is 0 Å². The fraction of sp³-hybridized carbons (Fsp3) is 0.381. The summed E-state index contributed by atoms with van der Waals surface area (Å²) in [7, 11) is 0. The molecule has 0 atom stereocenters. The molecular formula is C21H25N3O6S. The Morgan fingerprint density at radius 2 is 1.81 bits per heavy atom. The third-order valence-electron chi connectivity index (χ3n) is 4.42. The van der Waals surface area contributed by atoms with Crippen LogP contribution in [0, 0.1) is 6.92 Å². The van der Waals surface area contributed by atoms with Crippen LogP contribution in [0.2, 0.25) is 0 Å². The number of thioether (sulfide) groups is 1. The highest BCUT2D eigenvalue weighted by Gasteiger charge is 2.25. The zero-order valence-corrected chi connectivity index (χ0v) is 18.5. The number of fused-ring (bicyclic) bond motifs is 1. The zero-order valence-electron chi connectivity index (χ0n) is 17.6. The molecule has 3 N–H and O–H groups in total. The Morgan fingerprint density at radius 3 is 2.52 bits per heavy atom. The highest BCUT2D eigenvalue weighted by atomic mass is 32.2. The first-order valence-corrected chi connectivity index (χ1v) is 10.8. The van der Waals surface area contributed by atoms with Crippen molar-refractivity contribution in [2.45, 2.75) is 26.5 Å². The molecule has 0 radical (unpaired) electrons. The van der Waals surface area contributed by atoms with E-state index in [1.807, 2.05) is 0 Å². The van der Waals surface area contributed by atoms with Crippen LogP contribution in [0.5, 0.6) is 11.5 Å². The second-order valence-corrected chi connectivity index (χ2v) is 7.48. The van der Waals surface area contributed by atoms with Crippen molar-refractivity contribution in [3.05, 3.63) is 40.7 Å². The van der Waals surface area contributed by atoms with Crippen LogP contribution < -0.4 is 15.2 Å². The van der Waals surface area contributed by atoms with Gasteiger partial charge in [0.2, 0.25) is 0 Å². The van der Waals surface area contributed by atoms with E-state index < -0.39 is 11.9 Å². The number of carbonyl (C=O) groups excluding carboxylic acids is 2. The lowest BCUT2D eigenvalue weighted by atomic mass is 10.1. The van der Waals surface area contributed by atoms with E-state index in [0.717, 1.165) is 0 Å². The molecule has 1 aromatic carbocycles. The maximum absolute atomic E-state index is 12.5. The van der Waals surface area contributed by atoms with E-state index >= 15 is 0 Å². The van der Waals surface area contributed by atoms with Crippen molar-refractivity contribution in [3.63, 3.8) is 0 Å². The number of amidine groups is 1. The first kappa shape index (κ1) is 22.5. The lowest BCUT2D eigenvalue weighted by Gasteiger charge is -2.18. The van der Waals surface area contributed by atoms with Crippen LogP contribution in [-0.4, -0.2) is 48.5 Å². The zero-order chi connectivity index (χ0) is 22.4. The number of aromatic nitrogens is 1. The van der Waals surface area contributed by atoms with Crippen LogP contribution >= 0.6 is 11.8 Å². The number of aliphatic imine (C=N–C) groups is 1. The van der Waals surface area contributed by atoms with E-state index in [2.05, 4.69) is 9.98 Å². The quantitative estimate of drug-likeness (QED) is 0.376. The Balaban J connectivity index is 1.79. The molecule has 0 saturated heterocycles. The number of benzene rings is 1. The lowest BCUT2D eigenvalue weighted by Crippen LogP contribution is -2.15. The maximum atomic E-state index is 12.5. The largest absolute Gasteiger partial charge is 0.486 e. The minimum Gasteiger partial charge on any atom is -0.486 e. The van der Waals surface area contributed by atoms with E-state index in [4.69, 9.17) is 24.7 Å². The van der Waals surface area contributed by atoms with Crippen LogP contribution in [0.25, 0.3) is 0 Å². The number of H-pyrrole nitrogens is 1. The topological polar surface area (TPSA) is 125 Å². The molecule has 0 saturated carbocycles. The number of rotatable bonds is 7. The Hall–Kier alpha value is -3.14. The summed E-state index contributed by atoms with van der Waals surface area (Å²) in [4.78, 5) is 32.1. The molecule has 1 aliphatic rings. The molecule has 0 fully saturated rings. The molecule has 2 aromatic rings. The summed E-state index contributed by atoms with van der Waals surface area (Å²) in [6.07, 6.45) is 0. The fourth-order valence-electron chi connectivity index (χ4n) is 3.06. The molecule has 31 heavy (non-hydrogen) atoms. The maximum Gasteiger partial charge on any atom is 0.355 e. The predicted molar refractivity (Wildman–Crippen MR) is 117 cm³/mol. The minimum atomic E-state index is -0.528. The summed E-state index contributed by atoms with van der Waals surface area (Å²) in [5.74, 6) is 0.538. The summed E-state index contributed by atoms with van der Waals surface area (Å²) in [6.45, 7) is 6.56. The summed E-state index contributed by atoms with van der Waals surface area (Å²) in [5.41, 5.74) is 8.24. The summed E-state index contributed by atoms with van der Waals surface area (Å²) < 4.78 is 21.3. The smallest absolute Gasteiger partial charge is 0.355 e. The van der Waals surface area contributed by atoms with Gasteiger partial charge in [0.1, 0.15) is 18.9 Å². The van der Waals surface area contributed by atoms with E-state index in [1.54, 1.807) is 39.0 Å². The first-order chi connectivity index (χ1) is 14.9. The number of esters is 2. The average molecular weight is 448 g/mol. The minimum absolute atomic E-state index is 0.221. The molecule has 0 bridgehead atoms. The number of ether oxygens (including phenoxy) is 4. The second-order valence-electron chi connectivity index (χ2n) is 6.49. The molecular weight excluding hydrogens is 422 g/mol. The molecule has 0 unspecified atom stereocenters. The molecule has 166 valence electrons. The van der Waals surface area contributed by atoms with Crippen molar-refractivity contribution >= 4 is 34.6 Å². The normalized spacial score (nSPS) is 13.1. The van der Waals surface area contributed by atoms with E-state index in [9.17, 15) is 9.59 Å². The van der Waals surface area contributed by atoms with Gasteiger partial charge in [-0.2, -0.15) is 0 Å². The van der Waals surface area contributed by atoms with Crippen molar-refractivity contribution in [2.75, 3.05) is 26.4 Å². The van der Waals surface area contributed by atoms with Gasteiger partial charge in [0, 0.05) is 17.5 Å². The van der Waals surface area contributed by atoms with Crippen molar-refractivity contribution < 1.29 is 28.5 Å². The molecule has 0 spiro atoms. The van der Waals surface area contributed by atoms with E-state index in [-0.39, 0.29) is 29.8 Å². The van der Waals surface area contributed by atoms with Gasteiger partial charge in [-0.1, -0.05) is 11.8 Å². The van der Waals surface area contributed by atoms with Crippen molar-refractivity contribution in [3.8, 4) is 11.5 Å². The van der Waals surface area contributed by atoms with Gasteiger partial charge in [-0.3, -0.25) is 0 Å². The van der Waals surface area contributed by atoms with E-state index in [1.165, 1.54) is 11.8 Å². The van der Waals surface area contributed by atoms with Crippen molar-refractivity contribution in [1.82, 2.24) is 4.98 Å². The van der Waals surface area contributed by atoms with Crippen LogP contribution in [0.15, 0.2) is 23.2 Å². The summed E-state index contributed by atoms with van der Waals surface area (Å²) in [5, 5.41) is 0.288. The fourth-order valence-corrected chi connectivity index (χ4v) is 3.74. The SMILES string of the molecule is CCOC(=O)c1[nH]c(CSC(N)=Nc2ccc3c(c2)OCCO3)c(C(=O)OCC)c1C. The van der Waals surface area contributed by atoms with Crippen LogP contribution in [-0.2, 0) is 15.2 Å². The number of nitrogens with one attached hydrogen (secondary N) is 1. The molecule has 1 aliphatic heterocycles. The highest BCUT2D eigenvalue weighted by Crippen LogP contribution is 2.34. The van der Waals surface area contributed by atoms with Crippen LogP contribution in [0.1, 0.15) is 46.0 Å². The molecule has 10 heteroatoms. The Labute approximate surface area is 184 Å². The van der Waals surface area contributed by atoms with Gasteiger partial charge in [0.05, 0.1) is 24.5 Å². The molecule has 0 amide bonds. The molecule has 9 nitrogen and oxygen atoms in total. The van der Waals surface area contributed by atoms with Gasteiger partial charge in [0.25, 0.3) is 0 Å². The number of nitrogens with two attached hydrogens (primary N) is 1. The molecule has 0 aliphatic carbocycles. The monoisotopic (exact) mass is 447 g/mol. The lowest BCUT2D eigenvalue weighted by molar-refractivity contribution is 0.0518. The second kappa shape index (κ2) is 10.3. The Bertz CT molecular complexity index is 1000. The van der Waals surface area contributed by atoms with Crippen molar-refractivity contribution in [1.29, 1.82) is 0 Å². The van der Waals surface area contributed by atoms with Gasteiger partial charge in [0.15, 0.2) is 16.7 Å². The van der Waals surface area contributed by atoms with Crippen molar-refractivity contribution in [2.24, 2.45) is 10.7 Å². The number of hydrogen-bond donors (Lipinski definition) is 2. The van der Waals surface area contributed by atoms with Gasteiger partial charge < -0.3 is 29.7 Å². The molecule has 2 heterocycles. The number of carbonyl (C=O) groups is 2. The number of hydrogen-bond acceptors (Lipinski definition) is 8. The Kier molecular flexibility index (Phi) is 7.45. The summed E-state index contributed by atoms with van der Waals surface area (Å²) in [6, 6.07) is 5.32. The van der Waals surface area contributed by atoms with Gasteiger partial charge in [-0.15, -0.1) is 0 Å². The number of aromatic amines is 1. The van der Waals surface area contributed by atoms with E-state index in [0.29, 0.717) is 47.2 Å². The summed E-state index contributed by atoms with van der Waals surface area (Å²) >= 11 is 1.22. The van der Waals surface area contributed by atoms with Crippen LogP contribution in [0.4, 0.5) is 5.69 Å². The third kappa shape index (κ3) is 5.32. The molecule has 3 rings (SSSR count). The molecule has 1 aromatic heterocycles. The average Bonchev–Trinajstić information content (AvgIpc) is 3.09. The highest BCUT2D eigenvalue weighted by molar-refractivity contribution is 8.13. The number of nitrogens with zero attached hydrogens (tertiary/aromatic N) is 1. The van der Waals surface area contributed by atoms with Gasteiger partial charge in [-0.25, -0.2) is 14.6 Å². The standard InChI is InChI=1S/C21H25N3O6S/c1-4-27-19(25)17-12(3)18(20(26)28-5-2)24-14(17)11-31-21(22)23-13-6-7-15-16(10-13)30-9-8-29-15/h6-7,10,24H,4-5,8-9,11H2,1-3H3,(H2,22,23).